The van der Waals surface area contributed by atoms with E-state index in [4.69, 9.17) is 26.1 Å². The minimum Gasteiger partial charge on any atom is -0.493 e. The summed E-state index contributed by atoms with van der Waals surface area (Å²) in [6.07, 6.45) is 4.07. The number of nitrogens with one attached hydrogen (secondary N) is 1. The third kappa shape index (κ3) is 8.83. The Morgan fingerprint density at radius 2 is 1.73 bits per heavy atom. The molecule has 9 heteroatoms. The van der Waals surface area contributed by atoms with E-state index >= 15 is 0 Å². The Hall–Kier alpha value is -2.97. The van der Waals surface area contributed by atoms with Gasteiger partial charge < -0.3 is 19.7 Å². The highest BCUT2D eigenvalue weighted by Crippen LogP contribution is 2.28. The first-order chi connectivity index (χ1) is 17.9. The number of carbonyl (C=O) groups excluding carboxylic acids is 1. The van der Waals surface area contributed by atoms with Gasteiger partial charge in [-0.3, -0.25) is 4.79 Å². The van der Waals surface area contributed by atoms with Crippen LogP contribution in [0.15, 0.2) is 53.7 Å². The van der Waals surface area contributed by atoms with Crippen molar-refractivity contribution < 1.29 is 14.3 Å². The van der Waals surface area contributed by atoms with Crippen LogP contribution in [-0.4, -0.2) is 50.2 Å². The van der Waals surface area contributed by atoms with Crippen molar-refractivity contribution in [3.63, 3.8) is 0 Å². The molecule has 3 rings (SSSR count). The first-order valence-corrected chi connectivity index (χ1v) is 13.8. The molecule has 1 heterocycles. The lowest BCUT2D eigenvalue weighted by atomic mass is 10.1. The number of methoxy groups -OCH3 is 2. The van der Waals surface area contributed by atoms with E-state index in [0.29, 0.717) is 39.7 Å². The Kier molecular flexibility index (Phi) is 11.4. The van der Waals surface area contributed by atoms with E-state index in [-0.39, 0.29) is 5.91 Å². The highest BCUT2D eigenvalue weighted by molar-refractivity contribution is 7.98. The summed E-state index contributed by atoms with van der Waals surface area (Å²) in [4.78, 5) is 23.4. The van der Waals surface area contributed by atoms with Crippen LogP contribution in [0.5, 0.6) is 11.5 Å². The average molecular weight is 543 g/mol. The maximum atomic E-state index is 12.3. The number of carbonyl (C=O) groups is 1. The fourth-order valence-electron chi connectivity index (χ4n) is 3.67. The molecule has 0 saturated heterocycles. The highest BCUT2D eigenvalue weighted by Gasteiger charge is 2.11. The van der Waals surface area contributed by atoms with Gasteiger partial charge in [0.1, 0.15) is 11.0 Å². The van der Waals surface area contributed by atoms with E-state index in [1.807, 2.05) is 49.5 Å². The first-order valence-electron chi connectivity index (χ1n) is 12.4. The molecule has 3 aromatic rings. The molecule has 7 nitrogen and oxygen atoms in total. The molecule has 198 valence electrons. The number of hydrogen-bond donors (Lipinski definition) is 1. The van der Waals surface area contributed by atoms with E-state index < -0.39 is 0 Å². The van der Waals surface area contributed by atoms with Gasteiger partial charge in [0.2, 0.25) is 0 Å². The summed E-state index contributed by atoms with van der Waals surface area (Å²) in [6.45, 7) is 3.60. The van der Waals surface area contributed by atoms with Crippen LogP contribution in [0, 0.1) is 0 Å². The van der Waals surface area contributed by atoms with Crippen molar-refractivity contribution in [2.75, 3.05) is 39.3 Å². The van der Waals surface area contributed by atoms with E-state index in [0.717, 1.165) is 49.2 Å². The largest absolute Gasteiger partial charge is 0.493 e. The molecule has 0 aliphatic rings. The van der Waals surface area contributed by atoms with Crippen molar-refractivity contribution in [3.8, 4) is 11.5 Å². The first kappa shape index (κ1) is 28.6. The molecule has 37 heavy (non-hydrogen) atoms. The Morgan fingerprint density at radius 3 is 2.43 bits per heavy atom. The van der Waals surface area contributed by atoms with Crippen molar-refractivity contribution in [1.82, 2.24) is 15.3 Å². The maximum Gasteiger partial charge on any atom is 0.251 e. The second-order valence-corrected chi connectivity index (χ2v) is 9.97. The van der Waals surface area contributed by atoms with Crippen LogP contribution in [0.2, 0.25) is 5.15 Å². The molecule has 0 bridgehead atoms. The van der Waals surface area contributed by atoms with Gasteiger partial charge in [-0.2, -0.15) is 0 Å². The standard InChI is InChI=1S/C28H35ClN4O3S/c1-5-6-7-15-30-27(34)22-11-8-21(9-12-22)19-37-28-31-25(29)18-26(32-28)33(2)16-14-20-10-13-23(35-3)24(17-20)36-4/h8-13,17-18H,5-7,14-16,19H2,1-4H3,(H,30,34). The quantitative estimate of drug-likeness (QED) is 0.115. The van der Waals surface area contributed by atoms with E-state index in [2.05, 4.69) is 22.1 Å². The number of ether oxygens (including phenoxy) is 2. The minimum atomic E-state index is -0.0331. The Bertz CT molecular complexity index is 1160. The van der Waals surface area contributed by atoms with Gasteiger partial charge in [-0.05, 0) is 48.2 Å². The van der Waals surface area contributed by atoms with Gasteiger partial charge in [-0.1, -0.05) is 61.3 Å². The summed E-state index contributed by atoms with van der Waals surface area (Å²) in [6, 6.07) is 15.4. The zero-order valence-corrected chi connectivity index (χ0v) is 23.5. The van der Waals surface area contributed by atoms with Gasteiger partial charge in [0, 0.05) is 37.5 Å². The lowest BCUT2D eigenvalue weighted by Crippen LogP contribution is -2.24. The number of hydrogen-bond acceptors (Lipinski definition) is 7. The Balaban J connectivity index is 1.55. The molecular formula is C28H35ClN4O3S. The number of rotatable bonds is 14. The molecule has 0 aliphatic carbocycles. The molecule has 0 unspecified atom stereocenters. The third-order valence-corrected chi connectivity index (χ3v) is 7.00. The topological polar surface area (TPSA) is 76.6 Å². The zero-order valence-electron chi connectivity index (χ0n) is 21.9. The number of amides is 1. The molecule has 0 saturated carbocycles. The molecule has 1 aromatic heterocycles. The van der Waals surface area contributed by atoms with Crippen LogP contribution in [0.3, 0.4) is 0 Å². The van der Waals surface area contributed by atoms with Gasteiger partial charge in [-0.15, -0.1) is 0 Å². The summed E-state index contributed by atoms with van der Waals surface area (Å²) in [5.74, 6) is 2.83. The van der Waals surface area contributed by atoms with Crippen LogP contribution in [-0.2, 0) is 12.2 Å². The van der Waals surface area contributed by atoms with Gasteiger partial charge in [0.05, 0.1) is 14.2 Å². The van der Waals surface area contributed by atoms with E-state index in [1.54, 1.807) is 20.3 Å². The second-order valence-electron chi connectivity index (χ2n) is 8.64. The SMILES string of the molecule is CCCCCNC(=O)c1ccc(CSc2nc(Cl)cc(N(C)CCc3ccc(OC)c(OC)c3)n2)cc1. The number of halogens is 1. The van der Waals surface area contributed by atoms with E-state index in [1.165, 1.54) is 11.8 Å². The van der Waals surface area contributed by atoms with Crippen LogP contribution in [0.25, 0.3) is 0 Å². The van der Waals surface area contributed by atoms with Crippen LogP contribution >= 0.6 is 23.4 Å². The van der Waals surface area contributed by atoms with Gasteiger partial charge in [0.15, 0.2) is 16.7 Å². The third-order valence-electron chi connectivity index (χ3n) is 5.89. The van der Waals surface area contributed by atoms with Crippen molar-refractivity contribution in [1.29, 1.82) is 0 Å². The Morgan fingerprint density at radius 1 is 1.00 bits per heavy atom. The number of aromatic nitrogens is 2. The molecular weight excluding hydrogens is 508 g/mol. The van der Waals surface area contributed by atoms with Crippen molar-refractivity contribution in [3.05, 3.63) is 70.4 Å². The molecule has 2 aromatic carbocycles. The highest BCUT2D eigenvalue weighted by atomic mass is 35.5. The Labute approximate surface area is 228 Å². The number of unbranched alkanes of at least 4 members (excludes halogenated alkanes) is 2. The monoisotopic (exact) mass is 542 g/mol. The molecule has 1 N–H and O–H groups in total. The fourth-order valence-corrected chi connectivity index (χ4v) is 4.71. The number of benzene rings is 2. The predicted octanol–water partition coefficient (Wildman–Crippen LogP) is 6.04. The molecule has 1 amide bonds. The number of likely N-dealkylation sites (N-methyl/N-ethyl adjacent to an activating group) is 1. The van der Waals surface area contributed by atoms with Gasteiger partial charge in [0.25, 0.3) is 5.91 Å². The molecule has 0 atom stereocenters. The summed E-state index contributed by atoms with van der Waals surface area (Å²) in [5.41, 5.74) is 2.89. The average Bonchev–Trinajstić information content (AvgIpc) is 2.92. The summed E-state index contributed by atoms with van der Waals surface area (Å²) >= 11 is 7.83. The smallest absolute Gasteiger partial charge is 0.251 e. The summed E-state index contributed by atoms with van der Waals surface area (Å²) in [5, 5.41) is 3.98. The van der Waals surface area contributed by atoms with Crippen LogP contribution < -0.4 is 19.7 Å². The molecule has 0 fully saturated rings. The van der Waals surface area contributed by atoms with Crippen molar-refractivity contribution in [2.45, 2.75) is 43.5 Å². The lowest BCUT2D eigenvalue weighted by molar-refractivity contribution is 0.0953. The summed E-state index contributed by atoms with van der Waals surface area (Å²) < 4.78 is 10.7. The van der Waals surface area contributed by atoms with Crippen LogP contribution in [0.4, 0.5) is 5.82 Å². The lowest BCUT2D eigenvalue weighted by Gasteiger charge is -2.19. The van der Waals surface area contributed by atoms with Gasteiger partial charge >= 0.3 is 0 Å². The van der Waals surface area contributed by atoms with Crippen molar-refractivity contribution in [2.24, 2.45) is 0 Å². The van der Waals surface area contributed by atoms with E-state index in [9.17, 15) is 4.79 Å². The second kappa shape index (κ2) is 14.7. The number of thioether (sulfide) groups is 1. The summed E-state index contributed by atoms with van der Waals surface area (Å²) in [7, 11) is 5.25. The zero-order chi connectivity index (χ0) is 26.6. The van der Waals surface area contributed by atoms with Gasteiger partial charge in [-0.25, -0.2) is 9.97 Å². The fraction of sp³-hybridized carbons (Fsp3) is 0.393. The molecule has 0 radical (unpaired) electrons. The van der Waals surface area contributed by atoms with Crippen molar-refractivity contribution >= 4 is 35.1 Å². The minimum absolute atomic E-state index is 0.0331. The van der Waals surface area contributed by atoms with Crippen LogP contribution in [0.1, 0.15) is 47.7 Å². The molecule has 0 spiro atoms. The predicted molar refractivity (Wildman–Crippen MR) is 151 cm³/mol. The molecule has 0 aliphatic heterocycles. The number of nitrogens with zero attached hydrogens (tertiary/aromatic N) is 3. The maximum absolute atomic E-state index is 12.3. The number of anilines is 1. The normalized spacial score (nSPS) is 10.7.